The molecule has 0 unspecified atom stereocenters. The van der Waals surface area contributed by atoms with Crippen LogP contribution in [0.4, 0.5) is 17.1 Å². The van der Waals surface area contributed by atoms with Gasteiger partial charge >= 0.3 is 0 Å². The lowest BCUT2D eigenvalue weighted by molar-refractivity contribution is 0.768. The zero-order chi connectivity index (χ0) is 44.3. The van der Waals surface area contributed by atoms with Gasteiger partial charge in [-0.3, -0.25) is 0 Å². The summed E-state index contributed by atoms with van der Waals surface area (Å²) in [6.45, 7) is 0. The van der Waals surface area contributed by atoms with Crippen molar-refractivity contribution < 1.29 is 0 Å². The summed E-state index contributed by atoms with van der Waals surface area (Å²) in [7, 11) is 0. The fourth-order valence-electron chi connectivity index (χ4n) is 10.9. The van der Waals surface area contributed by atoms with E-state index in [2.05, 4.69) is 266 Å². The van der Waals surface area contributed by atoms with Crippen LogP contribution in [0.15, 0.2) is 261 Å². The molecule has 0 amide bonds. The minimum atomic E-state index is -0.511. The van der Waals surface area contributed by atoms with Crippen LogP contribution >= 0.6 is 11.3 Å². The highest BCUT2D eigenvalue weighted by molar-refractivity contribution is 7.25. The molecule has 314 valence electrons. The summed E-state index contributed by atoms with van der Waals surface area (Å²) in [6, 6.07) is 96.3. The highest BCUT2D eigenvalue weighted by atomic mass is 32.1. The van der Waals surface area contributed by atoms with Crippen LogP contribution in [-0.4, -0.2) is 0 Å². The minimum absolute atomic E-state index is 0.511. The quantitative estimate of drug-likeness (QED) is 0.147. The molecule has 0 fully saturated rings. The largest absolute Gasteiger partial charge is 0.310 e. The van der Waals surface area contributed by atoms with Crippen molar-refractivity contribution in [3.05, 3.63) is 283 Å². The number of hydrogen-bond donors (Lipinski definition) is 0. The zero-order valence-electron chi connectivity index (χ0n) is 36.7. The van der Waals surface area contributed by atoms with Gasteiger partial charge in [-0.1, -0.05) is 206 Å². The first-order valence-corrected chi connectivity index (χ1v) is 23.9. The van der Waals surface area contributed by atoms with Gasteiger partial charge < -0.3 is 4.90 Å². The zero-order valence-corrected chi connectivity index (χ0v) is 37.5. The van der Waals surface area contributed by atoms with Gasteiger partial charge in [0.25, 0.3) is 0 Å². The molecule has 0 atom stereocenters. The molecule has 0 N–H and O–H groups in total. The Morgan fingerprint density at radius 2 is 0.836 bits per heavy atom. The molecule has 1 aliphatic rings. The van der Waals surface area contributed by atoms with Crippen molar-refractivity contribution in [1.29, 1.82) is 0 Å². The van der Waals surface area contributed by atoms with Crippen molar-refractivity contribution in [2.75, 3.05) is 4.90 Å². The summed E-state index contributed by atoms with van der Waals surface area (Å²) < 4.78 is 2.64. The number of rotatable bonds is 8. The molecule has 0 saturated carbocycles. The summed E-state index contributed by atoms with van der Waals surface area (Å²) in [5.74, 6) is 0. The summed E-state index contributed by atoms with van der Waals surface area (Å²) in [5.41, 5.74) is 17.6. The first-order valence-electron chi connectivity index (χ1n) is 23.1. The Kier molecular flexibility index (Phi) is 9.33. The van der Waals surface area contributed by atoms with Gasteiger partial charge in [-0.2, -0.15) is 0 Å². The molecule has 1 nitrogen and oxygen atoms in total. The highest BCUT2D eigenvalue weighted by Crippen LogP contribution is 2.59. The van der Waals surface area contributed by atoms with Gasteiger partial charge in [-0.05, 0) is 127 Å². The van der Waals surface area contributed by atoms with Crippen LogP contribution in [0.25, 0.3) is 75.5 Å². The number of anilines is 3. The van der Waals surface area contributed by atoms with Gasteiger partial charge in [0.05, 0.1) is 11.1 Å². The van der Waals surface area contributed by atoms with Gasteiger partial charge in [0.1, 0.15) is 0 Å². The Morgan fingerprint density at radius 1 is 0.313 bits per heavy atom. The van der Waals surface area contributed by atoms with E-state index in [9.17, 15) is 0 Å². The van der Waals surface area contributed by atoms with Crippen LogP contribution in [0.2, 0.25) is 0 Å². The predicted molar refractivity (Wildman–Crippen MR) is 285 cm³/mol. The molecule has 0 spiro atoms. The standard InChI is InChI=1S/C65H43NS/c1-3-20-50(21-4-1)65(51-22-5-2-6-23-51)59-28-11-9-26-57(59)64-60(65)29-15-30-61(64)66(53-39-34-45(35-40-53)48-36-41-63-58(43-48)56-25-10-12-31-62(56)67-63)52-37-32-44(33-38-52)47-18-13-19-49(42-47)55-27-14-17-46-16-7-8-24-54(46)55/h1-43H. The maximum atomic E-state index is 2.47. The summed E-state index contributed by atoms with van der Waals surface area (Å²) in [5, 5.41) is 5.14. The summed E-state index contributed by atoms with van der Waals surface area (Å²) >= 11 is 1.86. The third kappa shape index (κ3) is 6.37. The maximum absolute atomic E-state index is 2.47. The third-order valence-corrected chi connectivity index (χ3v) is 15.1. The van der Waals surface area contributed by atoms with E-state index in [1.165, 1.54) is 97.7 Å². The van der Waals surface area contributed by atoms with Crippen molar-refractivity contribution in [3.63, 3.8) is 0 Å². The first kappa shape index (κ1) is 39.1. The molecule has 1 aromatic heterocycles. The Bertz CT molecular complexity index is 3750. The highest BCUT2D eigenvalue weighted by Gasteiger charge is 2.47. The van der Waals surface area contributed by atoms with Crippen LogP contribution in [0.1, 0.15) is 22.3 Å². The van der Waals surface area contributed by atoms with Crippen LogP contribution in [-0.2, 0) is 5.41 Å². The van der Waals surface area contributed by atoms with Gasteiger partial charge in [-0.25, -0.2) is 0 Å². The topological polar surface area (TPSA) is 3.24 Å². The minimum Gasteiger partial charge on any atom is -0.310 e. The Morgan fingerprint density at radius 3 is 1.58 bits per heavy atom. The molecule has 0 aliphatic heterocycles. The summed E-state index contributed by atoms with van der Waals surface area (Å²) in [6.07, 6.45) is 0. The molecule has 13 rings (SSSR count). The van der Waals surface area contributed by atoms with E-state index in [1.54, 1.807) is 0 Å². The SMILES string of the molecule is c1ccc(C2(c3ccccc3)c3ccccc3-c3c(N(c4ccc(-c5cccc(-c6cccc7ccccc67)c5)cc4)c4ccc(-c5ccc6sc7ccccc7c6c5)cc4)cccc32)cc1. The van der Waals surface area contributed by atoms with E-state index in [4.69, 9.17) is 0 Å². The normalized spacial score (nSPS) is 12.6. The maximum Gasteiger partial charge on any atom is 0.0714 e. The van der Waals surface area contributed by atoms with Crippen LogP contribution in [0.5, 0.6) is 0 Å². The number of fused-ring (bicyclic) bond motifs is 7. The second-order valence-electron chi connectivity index (χ2n) is 17.6. The molecule has 0 radical (unpaired) electrons. The van der Waals surface area contributed by atoms with E-state index in [-0.39, 0.29) is 0 Å². The van der Waals surface area contributed by atoms with E-state index in [0.717, 1.165) is 17.1 Å². The number of nitrogens with zero attached hydrogens (tertiary/aromatic N) is 1. The van der Waals surface area contributed by atoms with E-state index < -0.39 is 5.41 Å². The van der Waals surface area contributed by atoms with Gasteiger partial charge in [0.15, 0.2) is 0 Å². The van der Waals surface area contributed by atoms with Crippen LogP contribution < -0.4 is 4.90 Å². The monoisotopic (exact) mass is 869 g/mol. The lowest BCUT2D eigenvalue weighted by atomic mass is 9.68. The van der Waals surface area contributed by atoms with Crippen LogP contribution in [0, 0.1) is 0 Å². The van der Waals surface area contributed by atoms with Crippen molar-refractivity contribution in [2.24, 2.45) is 0 Å². The Hall–Kier alpha value is -8.30. The van der Waals surface area contributed by atoms with Crippen molar-refractivity contribution in [2.45, 2.75) is 5.41 Å². The lowest BCUT2D eigenvalue weighted by Crippen LogP contribution is -2.28. The smallest absolute Gasteiger partial charge is 0.0714 e. The molecule has 0 saturated heterocycles. The molecule has 1 heterocycles. The molecule has 0 bridgehead atoms. The van der Waals surface area contributed by atoms with Gasteiger partial charge in [0, 0.05) is 37.1 Å². The predicted octanol–water partition coefficient (Wildman–Crippen LogP) is 18.0. The van der Waals surface area contributed by atoms with E-state index in [1.807, 2.05) is 11.3 Å². The molecular formula is C65H43NS. The lowest BCUT2D eigenvalue weighted by Gasteiger charge is -2.34. The Balaban J connectivity index is 0.976. The molecule has 11 aromatic carbocycles. The van der Waals surface area contributed by atoms with Crippen molar-refractivity contribution in [3.8, 4) is 44.5 Å². The molecule has 2 heteroatoms. The van der Waals surface area contributed by atoms with Crippen LogP contribution in [0.3, 0.4) is 0 Å². The van der Waals surface area contributed by atoms with Crippen molar-refractivity contribution >= 4 is 59.3 Å². The molecular weight excluding hydrogens is 827 g/mol. The van der Waals surface area contributed by atoms with Crippen molar-refractivity contribution in [1.82, 2.24) is 0 Å². The van der Waals surface area contributed by atoms with E-state index >= 15 is 0 Å². The fraction of sp³-hybridized carbons (Fsp3) is 0.0154. The number of thiophene rings is 1. The summed E-state index contributed by atoms with van der Waals surface area (Å²) in [4.78, 5) is 2.47. The number of benzene rings is 11. The molecule has 67 heavy (non-hydrogen) atoms. The number of hydrogen-bond acceptors (Lipinski definition) is 2. The first-order chi connectivity index (χ1) is 33.2. The fourth-order valence-corrected chi connectivity index (χ4v) is 12.0. The third-order valence-electron chi connectivity index (χ3n) is 14.0. The molecule has 12 aromatic rings. The van der Waals surface area contributed by atoms with Gasteiger partial charge in [0.2, 0.25) is 0 Å². The second-order valence-corrected chi connectivity index (χ2v) is 18.7. The van der Waals surface area contributed by atoms with Gasteiger partial charge in [-0.15, -0.1) is 11.3 Å². The average molecular weight is 870 g/mol. The Labute approximate surface area is 395 Å². The molecule has 1 aliphatic carbocycles. The van der Waals surface area contributed by atoms with E-state index in [0.29, 0.717) is 0 Å². The second kappa shape index (κ2) is 16.0. The average Bonchev–Trinajstić information content (AvgIpc) is 3.93.